The van der Waals surface area contributed by atoms with E-state index in [0.29, 0.717) is 0 Å². The zero-order chi connectivity index (χ0) is 10.3. The second-order valence-electron chi connectivity index (χ2n) is 3.44. The van der Waals surface area contributed by atoms with Gasteiger partial charge < -0.3 is 0 Å². The van der Waals surface area contributed by atoms with Crippen LogP contribution >= 0.6 is 27.3 Å². The predicted octanol–water partition coefficient (Wildman–Crippen LogP) is 3.41. The molecule has 0 saturated heterocycles. The minimum atomic E-state index is 0.0712. The standard InChI is InChI=1S/C10H10BrNOS/c1-6(2)12-9(13)4-3-7-8(11)5-14-10(7)12/h3-6H,1-2H3. The molecule has 0 aromatic carbocycles. The fraction of sp³-hybridized carbons (Fsp3) is 0.300. The van der Waals surface area contributed by atoms with Gasteiger partial charge in [-0.2, -0.15) is 0 Å². The molecule has 4 heteroatoms. The molecule has 2 rings (SSSR count). The van der Waals surface area contributed by atoms with Crippen LogP contribution in [0.25, 0.3) is 10.2 Å². The highest BCUT2D eigenvalue weighted by atomic mass is 79.9. The Morgan fingerprint density at radius 3 is 2.79 bits per heavy atom. The summed E-state index contributed by atoms with van der Waals surface area (Å²) >= 11 is 5.07. The molecule has 74 valence electrons. The molecule has 0 saturated carbocycles. The van der Waals surface area contributed by atoms with Crippen molar-refractivity contribution in [2.45, 2.75) is 19.9 Å². The van der Waals surface area contributed by atoms with E-state index in [1.165, 1.54) is 0 Å². The average Bonchev–Trinajstić information content (AvgIpc) is 2.47. The van der Waals surface area contributed by atoms with Crippen molar-refractivity contribution in [3.05, 3.63) is 32.3 Å². The zero-order valence-corrected chi connectivity index (χ0v) is 10.4. The first-order valence-electron chi connectivity index (χ1n) is 4.39. The molecule has 0 radical (unpaired) electrons. The van der Waals surface area contributed by atoms with Gasteiger partial charge in [-0.1, -0.05) is 0 Å². The largest absolute Gasteiger partial charge is 0.297 e. The molecule has 0 amide bonds. The lowest BCUT2D eigenvalue weighted by molar-refractivity contribution is 0.604. The van der Waals surface area contributed by atoms with Gasteiger partial charge in [-0.05, 0) is 35.8 Å². The topological polar surface area (TPSA) is 22.0 Å². The van der Waals surface area contributed by atoms with Crippen molar-refractivity contribution in [3.63, 3.8) is 0 Å². The van der Waals surface area contributed by atoms with Crippen molar-refractivity contribution < 1.29 is 0 Å². The van der Waals surface area contributed by atoms with Crippen LogP contribution in [0.1, 0.15) is 19.9 Å². The molecule has 0 aliphatic heterocycles. The molecule has 0 spiro atoms. The third-order valence-electron chi connectivity index (χ3n) is 2.13. The van der Waals surface area contributed by atoms with E-state index in [-0.39, 0.29) is 11.6 Å². The minimum Gasteiger partial charge on any atom is -0.297 e. The number of hydrogen-bond acceptors (Lipinski definition) is 2. The van der Waals surface area contributed by atoms with E-state index in [2.05, 4.69) is 15.9 Å². The number of pyridine rings is 1. The first-order valence-corrected chi connectivity index (χ1v) is 6.07. The molecule has 0 unspecified atom stereocenters. The van der Waals surface area contributed by atoms with Gasteiger partial charge in [0.05, 0.1) is 0 Å². The third kappa shape index (κ3) is 1.42. The van der Waals surface area contributed by atoms with E-state index in [0.717, 1.165) is 14.7 Å². The molecule has 2 heterocycles. The Bertz CT molecular complexity index is 526. The monoisotopic (exact) mass is 271 g/mol. The van der Waals surface area contributed by atoms with Crippen molar-refractivity contribution >= 4 is 37.5 Å². The second-order valence-corrected chi connectivity index (χ2v) is 5.15. The molecule has 0 fully saturated rings. The highest BCUT2D eigenvalue weighted by molar-refractivity contribution is 9.10. The Hall–Kier alpha value is -0.610. The Morgan fingerprint density at radius 1 is 1.43 bits per heavy atom. The van der Waals surface area contributed by atoms with Gasteiger partial charge in [0.1, 0.15) is 4.83 Å². The van der Waals surface area contributed by atoms with E-state index in [4.69, 9.17) is 0 Å². The summed E-state index contributed by atoms with van der Waals surface area (Å²) in [5.74, 6) is 0. The maximum absolute atomic E-state index is 11.6. The number of aromatic nitrogens is 1. The molecule has 2 aromatic heterocycles. The lowest BCUT2D eigenvalue weighted by Gasteiger charge is -2.10. The summed E-state index contributed by atoms with van der Waals surface area (Å²) < 4.78 is 2.89. The summed E-state index contributed by atoms with van der Waals surface area (Å²) in [6.45, 7) is 4.04. The quantitative estimate of drug-likeness (QED) is 0.779. The van der Waals surface area contributed by atoms with Crippen LogP contribution < -0.4 is 5.56 Å². The van der Waals surface area contributed by atoms with E-state index >= 15 is 0 Å². The molecule has 0 atom stereocenters. The van der Waals surface area contributed by atoms with Gasteiger partial charge in [-0.3, -0.25) is 9.36 Å². The normalized spacial score (nSPS) is 11.4. The third-order valence-corrected chi connectivity index (χ3v) is 4.08. The molecule has 0 bridgehead atoms. The highest BCUT2D eigenvalue weighted by Crippen LogP contribution is 2.30. The van der Waals surface area contributed by atoms with Gasteiger partial charge >= 0.3 is 0 Å². The maximum Gasteiger partial charge on any atom is 0.251 e. The fourth-order valence-corrected chi connectivity index (χ4v) is 3.29. The van der Waals surface area contributed by atoms with Gasteiger partial charge in [0.25, 0.3) is 5.56 Å². The van der Waals surface area contributed by atoms with Crippen LogP contribution in [0.5, 0.6) is 0 Å². The summed E-state index contributed by atoms with van der Waals surface area (Å²) in [6.07, 6.45) is 0. The molecular weight excluding hydrogens is 262 g/mol. The lowest BCUT2D eigenvalue weighted by atomic mass is 10.3. The first kappa shape index (κ1) is 9.93. The Balaban J connectivity index is 2.91. The van der Waals surface area contributed by atoms with Crippen LogP contribution in [-0.2, 0) is 0 Å². The van der Waals surface area contributed by atoms with E-state index in [1.54, 1.807) is 17.4 Å². The van der Waals surface area contributed by atoms with Crippen LogP contribution in [0, 0.1) is 0 Å². The number of hydrogen-bond donors (Lipinski definition) is 0. The van der Waals surface area contributed by atoms with Crippen LogP contribution in [0.2, 0.25) is 0 Å². The van der Waals surface area contributed by atoms with Crippen LogP contribution in [0.3, 0.4) is 0 Å². The van der Waals surface area contributed by atoms with Gasteiger partial charge in [0.2, 0.25) is 0 Å². The lowest BCUT2D eigenvalue weighted by Crippen LogP contribution is -2.20. The zero-order valence-electron chi connectivity index (χ0n) is 7.95. The summed E-state index contributed by atoms with van der Waals surface area (Å²) in [7, 11) is 0. The van der Waals surface area contributed by atoms with Gasteiger partial charge in [0, 0.05) is 27.3 Å². The van der Waals surface area contributed by atoms with E-state index < -0.39 is 0 Å². The van der Waals surface area contributed by atoms with Gasteiger partial charge in [-0.25, -0.2) is 0 Å². The molecule has 0 N–H and O–H groups in total. The number of halogens is 1. The summed E-state index contributed by atoms with van der Waals surface area (Å²) in [4.78, 5) is 12.7. The van der Waals surface area contributed by atoms with Crippen LogP contribution in [-0.4, -0.2) is 4.57 Å². The van der Waals surface area contributed by atoms with Crippen LogP contribution in [0.15, 0.2) is 26.8 Å². The Kier molecular flexibility index (Phi) is 2.49. The van der Waals surface area contributed by atoms with Crippen molar-refractivity contribution in [2.75, 3.05) is 0 Å². The molecule has 0 aliphatic carbocycles. The molecule has 2 aromatic rings. The van der Waals surface area contributed by atoms with Crippen molar-refractivity contribution in [1.82, 2.24) is 4.57 Å². The first-order chi connectivity index (χ1) is 6.61. The average molecular weight is 272 g/mol. The summed E-state index contributed by atoms with van der Waals surface area (Å²) in [5.41, 5.74) is 0.0712. The van der Waals surface area contributed by atoms with Crippen molar-refractivity contribution in [3.8, 4) is 0 Å². The molecular formula is C10H10BrNOS. The smallest absolute Gasteiger partial charge is 0.251 e. The maximum atomic E-state index is 11.6. The Labute approximate surface area is 94.3 Å². The highest BCUT2D eigenvalue weighted by Gasteiger charge is 2.09. The molecule has 2 nitrogen and oxygen atoms in total. The summed E-state index contributed by atoms with van der Waals surface area (Å²) in [5, 5.41) is 3.13. The summed E-state index contributed by atoms with van der Waals surface area (Å²) in [6, 6.07) is 3.70. The van der Waals surface area contributed by atoms with Crippen molar-refractivity contribution in [1.29, 1.82) is 0 Å². The number of thiophene rings is 1. The van der Waals surface area contributed by atoms with Crippen molar-refractivity contribution in [2.24, 2.45) is 0 Å². The minimum absolute atomic E-state index is 0.0712. The predicted molar refractivity (Wildman–Crippen MR) is 64.2 cm³/mol. The number of nitrogens with zero attached hydrogens (tertiary/aromatic N) is 1. The van der Waals surface area contributed by atoms with Gasteiger partial charge in [-0.15, -0.1) is 11.3 Å². The molecule has 14 heavy (non-hydrogen) atoms. The number of rotatable bonds is 1. The van der Waals surface area contributed by atoms with E-state index in [1.807, 2.05) is 29.9 Å². The van der Waals surface area contributed by atoms with Crippen LogP contribution in [0.4, 0.5) is 0 Å². The van der Waals surface area contributed by atoms with E-state index in [9.17, 15) is 4.79 Å². The Morgan fingerprint density at radius 2 is 2.14 bits per heavy atom. The molecule has 0 aliphatic rings. The van der Waals surface area contributed by atoms with Gasteiger partial charge in [0.15, 0.2) is 0 Å². The second kappa shape index (κ2) is 3.51. The fourth-order valence-electron chi connectivity index (χ4n) is 1.50. The SMILES string of the molecule is CC(C)n1c(=O)ccc2c(Br)csc21. The number of fused-ring (bicyclic) bond motifs is 1.